The zero-order chi connectivity index (χ0) is 24.0. The van der Waals surface area contributed by atoms with Gasteiger partial charge in [0.1, 0.15) is 16.8 Å². The molecule has 0 spiro atoms. The maximum Gasteiger partial charge on any atom is 0.331 e. The number of aromatic nitrogens is 2. The summed E-state index contributed by atoms with van der Waals surface area (Å²) in [5.74, 6) is -3.71. The zero-order valence-corrected chi connectivity index (χ0v) is 17.9. The molecule has 1 aromatic heterocycles. The number of nitrogens with one attached hydrogen (secondary N) is 2. The number of carbonyl (C=O) groups excluding carboxylic acids is 3. The van der Waals surface area contributed by atoms with Crippen molar-refractivity contribution in [2.45, 2.75) is 6.92 Å². The van der Waals surface area contributed by atoms with Crippen molar-refractivity contribution in [1.82, 2.24) is 20.6 Å². The summed E-state index contributed by atoms with van der Waals surface area (Å²) in [6.07, 6.45) is 2.42. The SMILES string of the molecule is Cc1nn(-c2ccc(F)cc2)c(Cl)c1/C=C/C(=O)OCC(=O)NNC(=O)c1ccccc1F. The molecule has 170 valence electrons. The number of rotatable bonds is 6. The molecule has 0 atom stereocenters. The predicted molar refractivity (Wildman–Crippen MR) is 115 cm³/mol. The molecule has 1 heterocycles. The second-order valence-electron chi connectivity index (χ2n) is 6.60. The highest BCUT2D eigenvalue weighted by molar-refractivity contribution is 6.31. The molecule has 0 saturated heterocycles. The molecule has 2 aromatic carbocycles. The van der Waals surface area contributed by atoms with Crippen molar-refractivity contribution in [2.75, 3.05) is 6.61 Å². The summed E-state index contributed by atoms with van der Waals surface area (Å²) in [7, 11) is 0. The summed E-state index contributed by atoms with van der Waals surface area (Å²) >= 11 is 6.32. The first-order valence-corrected chi connectivity index (χ1v) is 9.83. The molecule has 0 aliphatic heterocycles. The van der Waals surface area contributed by atoms with Crippen molar-refractivity contribution in [1.29, 1.82) is 0 Å². The number of hydrogen-bond acceptors (Lipinski definition) is 5. The van der Waals surface area contributed by atoms with Gasteiger partial charge in [0, 0.05) is 11.6 Å². The lowest BCUT2D eigenvalue weighted by atomic mass is 10.2. The van der Waals surface area contributed by atoms with Crippen molar-refractivity contribution in [2.24, 2.45) is 0 Å². The van der Waals surface area contributed by atoms with Gasteiger partial charge < -0.3 is 4.74 Å². The summed E-state index contributed by atoms with van der Waals surface area (Å²) in [5, 5.41) is 4.45. The third-order valence-electron chi connectivity index (χ3n) is 4.28. The molecule has 0 saturated carbocycles. The van der Waals surface area contributed by atoms with Gasteiger partial charge in [0.2, 0.25) is 0 Å². The maximum atomic E-state index is 13.5. The van der Waals surface area contributed by atoms with Gasteiger partial charge in [0.05, 0.1) is 16.9 Å². The molecule has 3 rings (SSSR count). The minimum Gasteiger partial charge on any atom is -0.452 e. The summed E-state index contributed by atoms with van der Waals surface area (Å²) in [6.45, 7) is 0.977. The predicted octanol–water partition coefficient (Wildman–Crippen LogP) is 3.13. The first-order chi connectivity index (χ1) is 15.8. The smallest absolute Gasteiger partial charge is 0.331 e. The Labute approximate surface area is 191 Å². The van der Waals surface area contributed by atoms with Crippen molar-refractivity contribution in [3.63, 3.8) is 0 Å². The molecule has 0 bridgehead atoms. The van der Waals surface area contributed by atoms with E-state index >= 15 is 0 Å². The summed E-state index contributed by atoms with van der Waals surface area (Å²) < 4.78 is 32.8. The van der Waals surface area contributed by atoms with E-state index in [-0.39, 0.29) is 10.7 Å². The Morgan fingerprint density at radius 3 is 2.48 bits per heavy atom. The zero-order valence-electron chi connectivity index (χ0n) is 17.1. The summed E-state index contributed by atoms with van der Waals surface area (Å²) in [6, 6.07) is 10.7. The molecule has 33 heavy (non-hydrogen) atoms. The van der Waals surface area contributed by atoms with E-state index in [4.69, 9.17) is 16.3 Å². The monoisotopic (exact) mass is 474 g/mol. The Morgan fingerprint density at radius 1 is 1.09 bits per heavy atom. The number of amides is 2. The minimum absolute atomic E-state index is 0.191. The molecule has 0 unspecified atom stereocenters. The van der Waals surface area contributed by atoms with Gasteiger partial charge in [0.15, 0.2) is 6.61 Å². The van der Waals surface area contributed by atoms with Gasteiger partial charge in [-0.15, -0.1) is 0 Å². The second-order valence-corrected chi connectivity index (χ2v) is 6.96. The van der Waals surface area contributed by atoms with Crippen molar-refractivity contribution >= 4 is 35.5 Å². The molecule has 2 amide bonds. The molecule has 3 aromatic rings. The van der Waals surface area contributed by atoms with E-state index in [2.05, 4.69) is 5.10 Å². The Bertz CT molecular complexity index is 1230. The largest absolute Gasteiger partial charge is 0.452 e. The van der Waals surface area contributed by atoms with Crippen LogP contribution in [0.5, 0.6) is 0 Å². The van der Waals surface area contributed by atoms with E-state index in [9.17, 15) is 23.2 Å². The van der Waals surface area contributed by atoms with Crippen LogP contribution < -0.4 is 10.9 Å². The number of hydrogen-bond donors (Lipinski definition) is 2. The highest BCUT2D eigenvalue weighted by Gasteiger charge is 2.14. The van der Waals surface area contributed by atoms with E-state index in [0.717, 1.165) is 12.1 Å². The number of halogens is 3. The number of ether oxygens (including phenoxy) is 1. The number of hydrazine groups is 1. The van der Waals surface area contributed by atoms with Gasteiger partial charge in [-0.3, -0.25) is 20.4 Å². The van der Waals surface area contributed by atoms with Crippen LogP contribution >= 0.6 is 11.6 Å². The third kappa shape index (κ3) is 6.01. The number of benzene rings is 2. The Balaban J connectivity index is 1.53. The van der Waals surface area contributed by atoms with Crippen LogP contribution in [0, 0.1) is 18.6 Å². The van der Waals surface area contributed by atoms with E-state index < -0.39 is 36.0 Å². The summed E-state index contributed by atoms with van der Waals surface area (Å²) in [4.78, 5) is 35.5. The molecule has 8 nitrogen and oxygen atoms in total. The topological polar surface area (TPSA) is 102 Å². The van der Waals surface area contributed by atoms with Crippen LogP contribution in [0.4, 0.5) is 8.78 Å². The van der Waals surface area contributed by atoms with Crippen LogP contribution in [0.25, 0.3) is 11.8 Å². The van der Waals surface area contributed by atoms with Gasteiger partial charge in [0.25, 0.3) is 11.8 Å². The molecular weight excluding hydrogens is 458 g/mol. The second kappa shape index (κ2) is 10.5. The fourth-order valence-electron chi connectivity index (χ4n) is 2.67. The van der Waals surface area contributed by atoms with Crippen LogP contribution in [0.1, 0.15) is 21.6 Å². The minimum atomic E-state index is -0.865. The maximum absolute atomic E-state index is 13.5. The normalized spacial score (nSPS) is 10.8. The fourth-order valence-corrected chi connectivity index (χ4v) is 3.00. The Kier molecular flexibility index (Phi) is 7.52. The first-order valence-electron chi connectivity index (χ1n) is 9.46. The molecule has 0 aliphatic carbocycles. The number of esters is 1. The lowest BCUT2D eigenvalue weighted by Crippen LogP contribution is -2.43. The average Bonchev–Trinajstić information content (AvgIpc) is 3.08. The molecule has 0 fully saturated rings. The van der Waals surface area contributed by atoms with Crippen LogP contribution in [-0.4, -0.2) is 34.2 Å². The van der Waals surface area contributed by atoms with Crippen LogP contribution in [0.3, 0.4) is 0 Å². The van der Waals surface area contributed by atoms with Gasteiger partial charge in [-0.1, -0.05) is 23.7 Å². The van der Waals surface area contributed by atoms with Crippen LogP contribution in [0.15, 0.2) is 54.6 Å². The molecule has 0 radical (unpaired) electrons. The number of carbonyl (C=O) groups is 3. The lowest BCUT2D eigenvalue weighted by molar-refractivity contribution is -0.144. The quantitative estimate of drug-likeness (QED) is 0.325. The van der Waals surface area contributed by atoms with E-state index in [1.54, 1.807) is 6.92 Å². The van der Waals surface area contributed by atoms with Gasteiger partial charge in [-0.2, -0.15) is 5.10 Å². The fraction of sp³-hybridized carbons (Fsp3) is 0.0909. The van der Waals surface area contributed by atoms with E-state index in [1.807, 2.05) is 10.9 Å². The van der Waals surface area contributed by atoms with Gasteiger partial charge in [-0.25, -0.2) is 18.3 Å². The third-order valence-corrected chi connectivity index (χ3v) is 4.65. The first kappa shape index (κ1) is 23.6. The molecule has 2 N–H and O–H groups in total. The van der Waals surface area contributed by atoms with Crippen molar-refractivity contribution in [3.8, 4) is 5.69 Å². The van der Waals surface area contributed by atoms with Gasteiger partial charge >= 0.3 is 5.97 Å². The Morgan fingerprint density at radius 2 is 1.79 bits per heavy atom. The average molecular weight is 475 g/mol. The van der Waals surface area contributed by atoms with E-state index in [0.29, 0.717) is 16.9 Å². The van der Waals surface area contributed by atoms with Crippen LogP contribution in [-0.2, 0) is 14.3 Å². The lowest BCUT2D eigenvalue weighted by Gasteiger charge is -2.07. The van der Waals surface area contributed by atoms with E-state index in [1.165, 1.54) is 53.2 Å². The van der Waals surface area contributed by atoms with Crippen LogP contribution in [0.2, 0.25) is 5.15 Å². The highest BCUT2D eigenvalue weighted by Crippen LogP contribution is 2.24. The number of nitrogens with zero attached hydrogens (tertiary/aromatic N) is 2. The summed E-state index contributed by atoms with van der Waals surface area (Å²) in [5.41, 5.74) is 5.23. The highest BCUT2D eigenvalue weighted by atomic mass is 35.5. The molecule has 11 heteroatoms. The molecular formula is C22H17ClF2N4O4. The van der Waals surface area contributed by atoms with Crippen molar-refractivity contribution < 1.29 is 27.9 Å². The molecule has 0 aliphatic rings. The van der Waals surface area contributed by atoms with Crippen molar-refractivity contribution in [3.05, 3.63) is 88.2 Å². The Hall–Kier alpha value is -4.05. The standard InChI is InChI=1S/C22H17ClF2N4O4/c1-13-16(21(23)29(28-13)15-8-6-14(24)7-9-15)10-11-20(31)33-12-19(30)26-27-22(32)17-4-2-3-5-18(17)25/h2-11H,12H2,1H3,(H,26,30)(H,27,32)/b11-10+. The van der Waals surface area contributed by atoms with Gasteiger partial charge in [-0.05, 0) is 49.4 Å². The number of aryl methyl sites for hydroxylation is 1.